The maximum atomic E-state index is 13.1. The van der Waals surface area contributed by atoms with Gasteiger partial charge < -0.3 is 9.84 Å². The smallest absolute Gasteiger partial charge is 0.346 e. The third-order valence-corrected chi connectivity index (χ3v) is 6.56. The highest BCUT2D eigenvalue weighted by atomic mass is 16.6. The predicted octanol–water partition coefficient (Wildman–Crippen LogP) is 5.37. The van der Waals surface area contributed by atoms with Gasteiger partial charge in [0.1, 0.15) is 11.3 Å². The van der Waals surface area contributed by atoms with Crippen LogP contribution in [-0.4, -0.2) is 23.0 Å². The zero-order valence-electron chi connectivity index (χ0n) is 17.8. The van der Waals surface area contributed by atoms with E-state index in [0.29, 0.717) is 25.2 Å². The van der Waals surface area contributed by atoms with Crippen LogP contribution >= 0.6 is 0 Å². The summed E-state index contributed by atoms with van der Waals surface area (Å²) in [6.45, 7) is 0. The Hall–Kier alpha value is -2.88. The fourth-order valence-corrected chi connectivity index (χ4v) is 4.88. The normalized spacial score (nSPS) is 21.4. The first-order valence-corrected chi connectivity index (χ1v) is 11.4. The number of cyclic esters (lactones) is 1. The van der Waals surface area contributed by atoms with E-state index >= 15 is 0 Å². The summed E-state index contributed by atoms with van der Waals surface area (Å²) in [6, 6.07) is 19.7. The Morgan fingerprint density at radius 3 is 1.97 bits per heavy atom. The van der Waals surface area contributed by atoms with Crippen molar-refractivity contribution in [2.45, 2.75) is 57.5 Å². The number of aliphatic hydroxyl groups excluding tert-OH is 1. The van der Waals surface area contributed by atoms with Gasteiger partial charge in [0.2, 0.25) is 5.78 Å². The number of rotatable bonds is 7. The van der Waals surface area contributed by atoms with E-state index in [1.165, 1.54) is 19.3 Å². The molecule has 4 rings (SSSR count). The summed E-state index contributed by atoms with van der Waals surface area (Å²) in [5.41, 5.74) is 1.96. The van der Waals surface area contributed by atoms with Crippen LogP contribution in [-0.2, 0) is 27.2 Å². The first kappa shape index (κ1) is 21.4. The van der Waals surface area contributed by atoms with Crippen LogP contribution < -0.4 is 0 Å². The second-order valence-corrected chi connectivity index (χ2v) is 8.83. The van der Waals surface area contributed by atoms with Crippen molar-refractivity contribution in [1.29, 1.82) is 0 Å². The minimum Gasteiger partial charge on any atom is -0.511 e. The summed E-state index contributed by atoms with van der Waals surface area (Å²) in [6.07, 6.45) is 6.64. The number of allylic oxidation sites excluding steroid dienone is 1. The molecule has 1 heterocycles. The van der Waals surface area contributed by atoms with Crippen LogP contribution in [0.3, 0.4) is 0 Å². The van der Waals surface area contributed by atoms with Gasteiger partial charge in [-0.1, -0.05) is 92.8 Å². The van der Waals surface area contributed by atoms with Gasteiger partial charge in [-0.3, -0.25) is 4.79 Å². The van der Waals surface area contributed by atoms with Gasteiger partial charge >= 0.3 is 5.97 Å². The lowest BCUT2D eigenvalue weighted by atomic mass is 9.84. The van der Waals surface area contributed by atoms with Gasteiger partial charge in [-0.25, -0.2) is 4.79 Å². The van der Waals surface area contributed by atoms with Gasteiger partial charge in [0.15, 0.2) is 6.10 Å². The number of aliphatic hydroxyl groups is 1. The van der Waals surface area contributed by atoms with Crippen LogP contribution in [0.2, 0.25) is 0 Å². The Balaban J connectivity index is 1.58. The Morgan fingerprint density at radius 1 is 0.871 bits per heavy atom. The summed E-state index contributed by atoms with van der Waals surface area (Å²) in [4.78, 5) is 25.7. The molecule has 0 amide bonds. The van der Waals surface area contributed by atoms with E-state index in [4.69, 9.17) is 4.74 Å². The molecule has 1 N–H and O–H groups in total. The molecule has 0 radical (unpaired) electrons. The van der Waals surface area contributed by atoms with Crippen LogP contribution in [0.5, 0.6) is 0 Å². The number of esters is 1. The van der Waals surface area contributed by atoms with Crippen molar-refractivity contribution in [3.05, 3.63) is 83.1 Å². The molecule has 1 saturated heterocycles. The third-order valence-electron chi connectivity index (χ3n) is 6.56. The van der Waals surface area contributed by atoms with Crippen molar-refractivity contribution in [2.24, 2.45) is 11.8 Å². The van der Waals surface area contributed by atoms with Crippen molar-refractivity contribution in [2.75, 3.05) is 0 Å². The molecule has 1 aliphatic carbocycles. The van der Waals surface area contributed by atoms with Crippen molar-refractivity contribution in [3.8, 4) is 0 Å². The first-order chi connectivity index (χ1) is 15.1. The summed E-state index contributed by atoms with van der Waals surface area (Å²) in [5.74, 6) is -1.10. The van der Waals surface area contributed by atoms with Crippen molar-refractivity contribution in [3.63, 3.8) is 0 Å². The van der Waals surface area contributed by atoms with Crippen LogP contribution in [0.1, 0.15) is 49.7 Å². The summed E-state index contributed by atoms with van der Waals surface area (Å²) >= 11 is 0. The summed E-state index contributed by atoms with van der Waals surface area (Å²) in [5, 5.41) is 11.2. The van der Waals surface area contributed by atoms with Crippen LogP contribution in [0.15, 0.2) is 72.0 Å². The number of ether oxygens (including phenoxy) is 1. The minimum atomic E-state index is -0.748. The minimum absolute atomic E-state index is 0.131. The Labute approximate surface area is 183 Å². The van der Waals surface area contributed by atoms with E-state index in [0.717, 1.165) is 24.0 Å². The molecule has 1 atom stereocenters. The molecule has 1 unspecified atom stereocenters. The van der Waals surface area contributed by atoms with E-state index < -0.39 is 12.1 Å². The zero-order valence-corrected chi connectivity index (χ0v) is 17.8. The predicted molar refractivity (Wildman–Crippen MR) is 120 cm³/mol. The standard InChI is InChI=1S/C27H30O4/c28-25(24-26(29)23(31-27(24)30)18-21-14-8-3-9-15-21)22(16-19-10-4-1-5-11-19)17-20-12-6-2-7-13-20/h1-2,4-7,10-13,21-23,28H,3,8-9,14-18H2. The number of carbonyl (C=O) groups is 2. The lowest BCUT2D eigenvalue weighted by Crippen LogP contribution is -2.23. The zero-order chi connectivity index (χ0) is 21.6. The van der Waals surface area contributed by atoms with Gasteiger partial charge in [-0.05, 0) is 36.3 Å². The highest BCUT2D eigenvalue weighted by Crippen LogP contribution is 2.33. The Bertz CT molecular complexity index is 885. The average molecular weight is 419 g/mol. The van der Waals surface area contributed by atoms with Gasteiger partial charge in [0.05, 0.1) is 0 Å². The lowest BCUT2D eigenvalue weighted by molar-refractivity contribution is -0.141. The maximum Gasteiger partial charge on any atom is 0.346 e. The van der Waals surface area contributed by atoms with E-state index in [1.54, 1.807) is 0 Å². The number of hydrogen-bond donors (Lipinski definition) is 1. The molecule has 4 nitrogen and oxygen atoms in total. The Morgan fingerprint density at radius 2 is 1.42 bits per heavy atom. The fourth-order valence-electron chi connectivity index (χ4n) is 4.88. The first-order valence-electron chi connectivity index (χ1n) is 11.4. The molecule has 31 heavy (non-hydrogen) atoms. The molecular formula is C27H30O4. The Kier molecular flexibility index (Phi) is 6.86. The SMILES string of the molecule is O=C1OC(CC2CCCCC2)C(=O)C1=C(O)C(Cc1ccccc1)Cc1ccccc1. The molecule has 162 valence electrons. The highest BCUT2D eigenvalue weighted by Gasteiger charge is 2.43. The van der Waals surface area contributed by atoms with E-state index in [2.05, 4.69) is 0 Å². The fraction of sp³-hybridized carbons (Fsp3) is 0.407. The molecule has 0 bridgehead atoms. The molecule has 2 fully saturated rings. The second kappa shape index (κ2) is 9.95. The van der Waals surface area contributed by atoms with Crippen LogP contribution in [0, 0.1) is 11.8 Å². The van der Waals surface area contributed by atoms with Crippen molar-refractivity contribution < 1.29 is 19.4 Å². The molecular weight excluding hydrogens is 388 g/mol. The largest absolute Gasteiger partial charge is 0.511 e. The van der Waals surface area contributed by atoms with Crippen LogP contribution in [0.25, 0.3) is 0 Å². The maximum absolute atomic E-state index is 13.1. The van der Waals surface area contributed by atoms with E-state index in [9.17, 15) is 14.7 Å². The molecule has 4 heteroatoms. The molecule has 1 saturated carbocycles. The van der Waals surface area contributed by atoms with Gasteiger partial charge in [0, 0.05) is 5.92 Å². The topological polar surface area (TPSA) is 63.6 Å². The van der Waals surface area contributed by atoms with E-state index in [-0.39, 0.29) is 23.0 Å². The van der Waals surface area contributed by atoms with Crippen molar-refractivity contribution in [1.82, 2.24) is 0 Å². The average Bonchev–Trinajstić information content (AvgIpc) is 3.07. The number of ketones is 1. The monoisotopic (exact) mass is 418 g/mol. The molecule has 2 aromatic carbocycles. The molecule has 0 aromatic heterocycles. The highest BCUT2D eigenvalue weighted by molar-refractivity contribution is 6.23. The van der Waals surface area contributed by atoms with E-state index in [1.807, 2.05) is 60.7 Å². The summed E-state index contributed by atoms with van der Waals surface area (Å²) in [7, 11) is 0. The molecule has 0 spiro atoms. The molecule has 2 aliphatic rings. The van der Waals surface area contributed by atoms with Gasteiger partial charge in [0.25, 0.3) is 0 Å². The van der Waals surface area contributed by atoms with Crippen molar-refractivity contribution >= 4 is 11.8 Å². The third kappa shape index (κ3) is 5.25. The van der Waals surface area contributed by atoms with Crippen LogP contribution in [0.4, 0.5) is 0 Å². The quantitative estimate of drug-likeness (QED) is 0.284. The summed E-state index contributed by atoms with van der Waals surface area (Å²) < 4.78 is 5.45. The van der Waals surface area contributed by atoms with Gasteiger partial charge in [-0.15, -0.1) is 0 Å². The number of carbonyl (C=O) groups excluding carboxylic acids is 2. The number of Topliss-reactive ketones (excluding diaryl/α,β-unsaturated/α-hetero) is 1. The second-order valence-electron chi connectivity index (χ2n) is 8.83. The number of hydrogen-bond acceptors (Lipinski definition) is 4. The number of benzene rings is 2. The molecule has 2 aromatic rings. The van der Waals surface area contributed by atoms with Gasteiger partial charge in [-0.2, -0.15) is 0 Å². The lowest BCUT2D eigenvalue weighted by Gasteiger charge is -2.22. The molecule has 1 aliphatic heterocycles.